The molecule has 1 heterocycles. The second-order valence-corrected chi connectivity index (χ2v) is 6.06. The summed E-state index contributed by atoms with van der Waals surface area (Å²) in [4.78, 5) is 1.26. The molecule has 2 unspecified atom stereocenters. The van der Waals surface area contributed by atoms with Crippen molar-refractivity contribution in [3.05, 3.63) is 56.7 Å². The normalized spacial score (nSPS) is 14.4. The van der Waals surface area contributed by atoms with E-state index in [0.717, 1.165) is 10.0 Å². The van der Waals surface area contributed by atoms with Gasteiger partial charge in [-0.15, -0.1) is 11.3 Å². The zero-order valence-electron chi connectivity index (χ0n) is 10.1. The molecule has 0 aliphatic carbocycles. The topological polar surface area (TPSA) is 32.3 Å². The molecule has 0 saturated heterocycles. The van der Waals surface area contributed by atoms with E-state index in [4.69, 9.17) is 0 Å². The van der Waals surface area contributed by atoms with Crippen LogP contribution in [0.2, 0.25) is 0 Å². The summed E-state index contributed by atoms with van der Waals surface area (Å²) in [6.07, 6.45) is 0. The minimum Gasteiger partial charge on any atom is -0.394 e. The zero-order valence-corrected chi connectivity index (χ0v) is 12.5. The van der Waals surface area contributed by atoms with Gasteiger partial charge in [-0.3, -0.25) is 0 Å². The van der Waals surface area contributed by atoms with Gasteiger partial charge in [-0.2, -0.15) is 0 Å². The smallest absolute Gasteiger partial charge is 0.0626 e. The van der Waals surface area contributed by atoms with E-state index in [9.17, 15) is 5.11 Å². The van der Waals surface area contributed by atoms with Crippen molar-refractivity contribution in [3.8, 4) is 0 Å². The molecule has 0 bridgehead atoms. The van der Waals surface area contributed by atoms with Gasteiger partial charge in [-0.05, 0) is 34.5 Å². The third-order valence-corrected chi connectivity index (χ3v) is 4.73. The SMILES string of the molecule is CC(NC(CO)c1ccccc1)c1cc(Br)cs1. The zero-order chi connectivity index (χ0) is 13.0. The van der Waals surface area contributed by atoms with Crippen molar-refractivity contribution in [1.82, 2.24) is 5.32 Å². The predicted octanol–water partition coefficient (Wildman–Crippen LogP) is 3.89. The van der Waals surface area contributed by atoms with Crippen LogP contribution >= 0.6 is 27.3 Å². The predicted molar refractivity (Wildman–Crippen MR) is 79.8 cm³/mol. The number of thiophene rings is 1. The van der Waals surface area contributed by atoms with E-state index in [1.807, 2.05) is 30.3 Å². The fourth-order valence-corrected chi connectivity index (χ4v) is 3.34. The lowest BCUT2D eigenvalue weighted by Gasteiger charge is -2.21. The van der Waals surface area contributed by atoms with Crippen LogP contribution in [-0.4, -0.2) is 11.7 Å². The van der Waals surface area contributed by atoms with Crippen LogP contribution in [0.4, 0.5) is 0 Å². The van der Waals surface area contributed by atoms with Crippen LogP contribution in [0.5, 0.6) is 0 Å². The van der Waals surface area contributed by atoms with Crippen LogP contribution in [-0.2, 0) is 0 Å². The maximum Gasteiger partial charge on any atom is 0.0626 e. The van der Waals surface area contributed by atoms with Crippen molar-refractivity contribution in [2.24, 2.45) is 0 Å². The second-order valence-electron chi connectivity index (χ2n) is 4.20. The molecule has 0 amide bonds. The molecule has 2 rings (SSSR count). The summed E-state index contributed by atoms with van der Waals surface area (Å²) < 4.78 is 1.11. The van der Waals surface area contributed by atoms with Crippen LogP contribution in [0.15, 0.2) is 46.3 Å². The molecule has 0 fully saturated rings. The number of aliphatic hydroxyl groups excluding tert-OH is 1. The highest BCUT2D eigenvalue weighted by Gasteiger charge is 2.15. The van der Waals surface area contributed by atoms with Crippen molar-refractivity contribution < 1.29 is 5.11 Å². The van der Waals surface area contributed by atoms with Gasteiger partial charge in [0.25, 0.3) is 0 Å². The van der Waals surface area contributed by atoms with E-state index in [1.165, 1.54) is 4.88 Å². The minimum atomic E-state index is -0.0259. The Balaban J connectivity index is 2.07. The average Bonchev–Trinajstić information content (AvgIpc) is 2.83. The molecule has 2 aromatic rings. The average molecular weight is 326 g/mol. The van der Waals surface area contributed by atoms with E-state index in [0.29, 0.717) is 0 Å². The lowest BCUT2D eigenvalue weighted by molar-refractivity contribution is 0.236. The standard InChI is InChI=1S/C14H16BrNOS/c1-10(14-7-12(15)9-18-14)16-13(8-17)11-5-3-2-4-6-11/h2-7,9-10,13,16-17H,8H2,1H3. The van der Waals surface area contributed by atoms with E-state index in [1.54, 1.807) is 11.3 Å². The van der Waals surface area contributed by atoms with Gasteiger partial charge in [-0.1, -0.05) is 30.3 Å². The van der Waals surface area contributed by atoms with Crippen molar-refractivity contribution >= 4 is 27.3 Å². The highest BCUT2D eigenvalue weighted by Crippen LogP contribution is 2.27. The first-order valence-corrected chi connectivity index (χ1v) is 7.53. The molecule has 2 N–H and O–H groups in total. The Kier molecular flexibility index (Phi) is 4.95. The first-order valence-electron chi connectivity index (χ1n) is 5.86. The molecule has 0 saturated carbocycles. The lowest BCUT2D eigenvalue weighted by atomic mass is 10.1. The summed E-state index contributed by atoms with van der Waals surface area (Å²) in [5.41, 5.74) is 1.11. The number of nitrogens with one attached hydrogen (secondary N) is 1. The number of rotatable bonds is 5. The maximum absolute atomic E-state index is 9.51. The molecule has 96 valence electrons. The van der Waals surface area contributed by atoms with Crippen LogP contribution in [0, 0.1) is 0 Å². The quantitative estimate of drug-likeness (QED) is 0.873. The number of hydrogen-bond acceptors (Lipinski definition) is 3. The van der Waals surface area contributed by atoms with E-state index in [2.05, 4.69) is 39.6 Å². The Morgan fingerprint density at radius 3 is 2.61 bits per heavy atom. The van der Waals surface area contributed by atoms with Gasteiger partial charge in [0.2, 0.25) is 0 Å². The Labute approximate surface area is 120 Å². The molecule has 2 atom stereocenters. The van der Waals surface area contributed by atoms with Crippen LogP contribution in [0.25, 0.3) is 0 Å². The Hall–Kier alpha value is -0.680. The highest BCUT2D eigenvalue weighted by molar-refractivity contribution is 9.10. The second kappa shape index (κ2) is 6.48. The lowest BCUT2D eigenvalue weighted by Crippen LogP contribution is -2.26. The van der Waals surface area contributed by atoms with Crippen molar-refractivity contribution in [2.45, 2.75) is 19.0 Å². The van der Waals surface area contributed by atoms with Gasteiger partial charge in [0.1, 0.15) is 0 Å². The van der Waals surface area contributed by atoms with Gasteiger partial charge >= 0.3 is 0 Å². The minimum absolute atomic E-state index is 0.0259. The summed E-state index contributed by atoms with van der Waals surface area (Å²) in [5, 5.41) is 15.0. The fourth-order valence-electron chi connectivity index (χ4n) is 1.88. The number of hydrogen-bond donors (Lipinski definition) is 2. The number of halogens is 1. The fraction of sp³-hybridized carbons (Fsp3) is 0.286. The molecule has 18 heavy (non-hydrogen) atoms. The molecule has 2 nitrogen and oxygen atoms in total. The monoisotopic (exact) mass is 325 g/mol. The highest BCUT2D eigenvalue weighted by atomic mass is 79.9. The number of benzene rings is 1. The molecule has 4 heteroatoms. The van der Waals surface area contributed by atoms with Gasteiger partial charge in [0.15, 0.2) is 0 Å². The summed E-state index contributed by atoms with van der Waals surface area (Å²) in [6.45, 7) is 2.21. The third-order valence-electron chi connectivity index (χ3n) is 2.85. The summed E-state index contributed by atoms with van der Waals surface area (Å²) >= 11 is 5.18. The number of aliphatic hydroxyl groups is 1. The molecule has 1 aromatic heterocycles. The molecule has 0 spiro atoms. The third kappa shape index (κ3) is 3.42. The summed E-state index contributed by atoms with van der Waals surface area (Å²) in [5.74, 6) is 0. The van der Waals surface area contributed by atoms with E-state index >= 15 is 0 Å². The van der Waals surface area contributed by atoms with E-state index < -0.39 is 0 Å². The van der Waals surface area contributed by atoms with Gasteiger partial charge in [0.05, 0.1) is 12.6 Å². The van der Waals surface area contributed by atoms with Crippen LogP contribution < -0.4 is 5.32 Å². The van der Waals surface area contributed by atoms with Crippen LogP contribution in [0.3, 0.4) is 0 Å². The van der Waals surface area contributed by atoms with E-state index in [-0.39, 0.29) is 18.7 Å². The summed E-state index contributed by atoms with van der Waals surface area (Å²) in [6, 6.07) is 12.3. The Morgan fingerprint density at radius 1 is 1.33 bits per heavy atom. The molecular formula is C14H16BrNOS. The molecule has 0 radical (unpaired) electrons. The first kappa shape index (κ1) is 13.7. The largest absolute Gasteiger partial charge is 0.394 e. The van der Waals surface area contributed by atoms with Gasteiger partial charge in [0, 0.05) is 20.8 Å². The first-order chi connectivity index (χ1) is 8.70. The maximum atomic E-state index is 9.51. The molecule has 0 aliphatic heterocycles. The van der Waals surface area contributed by atoms with Gasteiger partial charge in [-0.25, -0.2) is 0 Å². The van der Waals surface area contributed by atoms with Crippen molar-refractivity contribution in [2.75, 3.05) is 6.61 Å². The van der Waals surface area contributed by atoms with Gasteiger partial charge < -0.3 is 10.4 Å². The van der Waals surface area contributed by atoms with Crippen molar-refractivity contribution in [1.29, 1.82) is 0 Å². The van der Waals surface area contributed by atoms with Crippen molar-refractivity contribution in [3.63, 3.8) is 0 Å². The Bertz CT molecular complexity index is 486. The summed E-state index contributed by atoms with van der Waals surface area (Å²) in [7, 11) is 0. The van der Waals surface area contributed by atoms with Crippen LogP contribution in [0.1, 0.15) is 29.4 Å². The Morgan fingerprint density at radius 2 is 2.06 bits per heavy atom. The molecular weight excluding hydrogens is 310 g/mol. The molecule has 1 aromatic carbocycles. The molecule has 0 aliphatic rings.